The van der Waals surface area contributed by atoms with Crippen molar-refractivity contribution in [3.8, 4) is 0 Å². The number of aliphatic carboxylic acids is 1. The summed E-state index contributed by atoms with van der Waals surface area (Å²) in [5.74, 6) is -0.928. The molecule has 0 radical (unpaired) electrons. The highest BCUT2D eigenvalue weighted by Crippen LogP contribution is 2.46. The van der Waals surface area contributed by atoms with Crippen molar-refractivity contribution in [2.45, 2.75) is 44.0 Å². The number of piperidine rings is 1. The van der Waals surface area contributed by atoms with Crippen LogP contribution in [0.5, 0.6) is 0 Å². The van der Waals surface area contributed by atoms with E-state index >= 15 is 0 Å². The summed E-state index contributed by atoms with van der Waals surface area (Å²) in [6.45, 7) is 2.05. The van der Waals surface area contributed by atoms with Gasteiger partial charge in [0.2, 0.25) is 0 Å². The number of aliphatic hydroxyl groups is 1. The predicted octanol–water partition coefficient (Wildman–Crippen LogP) is 1.66. The third-order valence-corrected chi connectivity index (χ3v) is 4.68. The van der Waals surface area contributed by atoms with Crippen LogP contribution in [0.2, 0.25) is 0 Å². The minimum atomic E-state index is -0.811. The second-order valence-corrected chi connectivity index (χ2v) is 5.67. The third kappa shape index (κ3) is 1.95. The number of hydrogen-bond acceptors (Lipinski definition) is 3. The summed E-state index contributed by atoms with van der Waals surface area (Å²) < 4.78 is 0. The van der Waals surface area contributed by atoms with Gasteiger partial charge in [0.1, 0.15) is 6.04 Å². The molecule has 0 amide bonds. The number of rotatable bonds is 3. The summed E-state index contributed by atoms with van der Waals surface area (Å²) in [4.78, 5) is 13.6. The fraction of sp³-hybridized carbons (Fsp3) is 0.533. The summed E-state index contributed by atoms with van der Waals surface area (Å²) in [6.07, 6.45) is 1.05. The molecule has 1 aromatic carbocycles. The molecule has 2 N–H and O–H groups in total. The number of likely N-dealkylation sites (tertiary alicyclic amines) is 1. The summed E-state index contributed by atoms with van der Waals surface area (Å²) >= 11 is 0. The van der Waals surface area contributed by atoms with Crippen LogP contribution in [-0.4, -0.2) is 39.3 Å². The molecule has 1 heterocycles. The molecule has 1 saturated heterocycles. The predicted molar refractivity (Wildman–Crippen MR) is 70.6 cm³/mol. The average molecular weight is 261 g/mol. The van der Waals surface area contributed by atoms with Crippen LogP contribution >= 0.6 is 0 Å². The Kier molecular flexibility index (Phi) is 3.07. The van der Waals surface area contributed by atoms with Gasteiger partial charge in [-0.05, 0) is 25.3 Å². The van der Waals surface area contributed by atoms with Gasteiger partial charge in [-0.1, -0.05) is 30.3 Å². The first-order valence-corrected chi connectivity index (χ1v) is 6.83. The quantitative estimate of drug-likeness (QED) is 0.868. The Morgan fingerprint density at radius 2 is 2.00 bits per heavy atom. The van der Waals surface area contributed by atoms with Gasteiger partial charge < -0.3 is 10.2 Å². The van der Waals surface area contributed by atoms with E-state index in [4.69, 9.17) is 0 Å². The van der Waals surface area contributed by atoms with E-state index in [0.29, 0.717) is 6.42 Å². The van der Waals surface area contributed by atoms with Crippen LogP contribution in [0.4, 0.5) is 0 Å². The Morgan fingerprint density at radius 3 is 2.63 bits per heavy atom. The van der Waals surface area contributed by atoms with Gasteiger partial charge >= 0.3 is 5.97 Å². The zero-order valence-electron chi connectivity index (χ0n) is 10.9. The highest BCUT2D eigenvalue weighted by atomic mass is 16.4. The minimum Gasteiger partial charge on any atom is -0.480 e. The van der Waals surface area contributed by atoms with Gasteiger partial charge in [0.05, 0.1) is 6.10 Å². The Balaban J connectivity index is 1.90. The number of carboxylic acid groups (broad SMARTS) is 1. The van der Waals surface area contributed by atoms with Crippen LogP contribution in [0, 0.1) is 5.92 Å². The maximum Gasteiger partial charge on any atom is 0.321 e. The maximum atomic E-state index is 11.5. The monoisotopic (exact) mass is 261 g/mol. The normalized spacial score (nSPS) is 35.5. The molecule has 2 fully saturated rings. The SMILES string of the molecule is C[C@H](c1ccccc1)N1[C@H]2C[C@H]([C@H](O)C2)[C@H]1C(=O)O. The number of benzene rings is 1. The molecule has 4 heteroatoms. The van der Waals surface area contributed by atoms with Crippen LogP contribution in [-0.2, 0) is 4.79 Å². The van der Waals surface area contributed by atoms with Crippen molar-refractivity contribution in [3.05, 3.63) is 35.9 Å². The van der Waals surface area contributed by atoms with E-state index in [1.807, 2.05) is 30.3 Å². The fourth-order valence-electron chi connectivity index (χ4n) is 3.82. The van der Waals surface area contributed by atoms with Crippen molar-refractivity contribution >= 4 is 5.97 Å². The topological polar surface area (TPSA) is 60.8 Å². The molecular weight excluding hydrogens is 242 g/mol. The molecule has 1 aliphatic carbocycles. The van der Waals surface area contributed by atoms with Crippen LogP contribution in [0.3, 0.4) is 0 Å². The highest BCUT2D eigenvalue weighted by Gasteiger charge is 2.55. The molecular formula is C15H19NO3. The van der Waals surface area contributed by atoms with Crippen molar-refractivity contribution in [2.24, 2.45) is 5.92 Å². The van der Waals surface area contributed by atoms with E-state index in [0.717, 1.165) is 12.0 Å². The molecule has 0 aromatic heterocycles. The molecule has 0 unspecified atom stereocenters. The molecule has 19 heavy (non-hydrogen) atoms. The lowest BCUT2D eigenvalue weighted by Crippen LogP contribution is -2.50. The van der Waals surface area contributed by atoms with Crippen molar-refractivity contribution in [1.29, 1.82) is 0 Å². The number of hydrogen-bond donors (Lipinski definition) is 2. The Bertz CT molecular complexity index is 476. The second kappa shape index (κ2) is 4.62. The van der Waals surface area contributed by atoms with Crippen LogP contribution in [0.1, 0.15) is 31.4 Å². The first kappa shape index (κ1) is 12.6. The Morgan fingerprint density at radius 1 is 1.32 bits per heavy atom. The van der Waals surface area contributed by atoms with E-state index in [1.54, 1.807) is 0 Å². The van der Waals surface area contributed by atoms with Crippen molar-refractivity contribution in [3.63, 3.8) is 0 Å². The first-order valence-electron chi connectivity index (χ1n) is 6.83. The van der Waals surface area contributed by atoms with E-state index in [9.17, 15) is 15.0 Å². The molecule has 4 nitrogen and oxygen atoms in total. The van der Waals surface area contributed by atoms with E-state index in [2.05, 4.69) is 11.8 Å². The molecule has 1 saturated carbocycles. The number of fused-ring (bicyclic) bond motifs is 2. The van der Waals surface area contributed by atoms with Gasteiger partial charge in [0, 0.05) is 18.0 Å². The smallest absolute Gasteiger partial charge is 0.321 e. The zero-order valence-corrected chi connectivity index (χ0v) is 10.9. The molecule has 102 valence electrons. The first-order chi connectivity index (χ1) is 9.09. The lowest BCUT2D eigenvalue weighted by molar-refractivity contribution is -0.148. The number of nitrogens with zero attached hydrogens (tertiary/aromatic N) is 1. The van der Waals surface area contributed by atoms with E-state index in [1.165, 1.54) is 0 Å². The van der Waals surface area contributed by atoms with Crippen LogP contribution in [0.15, 0.2) is 30.3 Å². The minimum absolute atomic E-state index is 0.0739. The third-order valence-electron chi connectivity index (χ3n) is 4.68. The largest absolute Gasteiger partial charge is 0.480 e. The van der Waals surface area contributed by atoms with Gasteiger partial charge in [-0.2, -0.15) is 0 Å². The number of aliphatic hydroxyl groups excluding tert-OH is 1. The average Bonchev–Trinajstić information content (AvgIpc) is 2.95. The summed E-state index contributed by atoms with van der Waals surface area (Å²) in [6, 6.07) is 9.70. The number of carboxylic acids is 1. The summed E-state index contributed by atoms with van der Waals surface area (Å²) in [5, 5.41) is 19.4. The van der Waals surface area contributed by atoms with Gasteiger partial charge in [0.15, 0.2) is 0 Å². The van der Waals surface area contributed by atoms with Crippen LogP contribution in [0.25, 0.3) is 0 Å². The fourth-order valence-corrected chi connectivity index (χ4v) is 3.82. The molecule has 0 spiro atoms. The number of carbonyl (C=O) groups is 1. The second-order valence-electron chi connectivity index (χ2n) is 5.67. The molecule has 2 aliphatic rings. The lowest BCUT2D eigenvalue weighted by atomic mass is 9.93. The highest BCUT2D eigenvalue weighted by molar-refractivity contribution is 5.75. The van der Waals surface area contributed by atoms with Gasteiger partial charge in [-0.25, -0.2) is 0 Å². The Labute approximate surface area is 112 Å². The maximum absolute atomic E-state index is 11.5. The van der Waals surface area contributed by atoms with Crippen molar-refractivity contribution in [2.75, 3.05) is 0 Å². The van der Waals surface area contributed by atoms with Crippen molar-refractivity contribution in [1.82, 2.24) is 4.90 Å². The van der Waals surface area contributed by atoms with Gasteiger partial charge in [-0.3, -0.25) is 9.69 Å². The summed E-state index contributed by atoms with van der Waals surface area (Å²) in [5.41, 5.74) is 1.13. The molecule has 3 rings (SSSR count). The zero-order chi connectivity index (χ0) is 13.6. The molecule has 5 atom stereocenters. The van der Waals surface area contributed by atoms with Crippen LogP contribution < -0.4 is 0 Å². The van der Waals surface area contributed by atoms with E-state index < -0.39 is 18.1 Å². The lowest BCUT2D eigenvalue weighted by Gasteiger charge is -2.39. The van der Waals surface area contributed by atoms with E-state index in [-0.39, 0.29) is 18.0 Å². The molecule has 2 bridgehead atoms. The Hall–Kier alpha value is -1.39. The summed E-state index contributed by atoms with van der Waals surface area (Å²) in [7, 11) is 0. The van der Waals surface area contributed by atoms with Crippen molar-refractivity contribution < 1.29 is 15.0 Å². The molecule has 1 aliphatic heterocycles. The van der Waals surface area contributed by atoms with Gasteiger partial charge in [-0.15, -0.1) is 0 Å². The van der Waals surface area contributed by atoms with Gasteiger partial charge in [0.25, 0.3) is 0 Å². The standard InChI is InChI=1S/C15H19NO3/c1-9(10-5-3-2-4-6-10)16-11-7-12(13(17)8-11)14(16)15(18)19/h2-6,9,11-14,17H,7-8H2,1H3,(H,18,19)/t9-,11+,12-,13-,14+/m1/s1. The molecule has 1 aromatic rings.